The molecule has 5 rings (SSSR count). The van der Waals surface area contributed by atoms with Gasteiger partial charge < -0.3 is 15.3 Å². The van der Waals surface area contributed by atoms with E-state index < -0.39 is 17.7 Å². The predicted molar refractivity (Wildman–Crippen MR) is 122 cm³/mol. The first-order valence-electron chi connectivity index (χ1n) is 11.2. The molecule has 2 bridgehead atoms. The second-order valence-electron chi connectivity index (χ2n) is 8.96. The maximum atomic E-state index is 15.0. The summed E-state index contributed by atoms with van der Waals surface area (Å²) in [5, 5.41) is 22.2. The van der Waals surface area contributed by atoms with Gasteiger partial charge in [0.2, 0.25) is 0 Å². The van der Waals surface area contributed by atoms with Gasteiger partial charge in [0.1, 0.15) is 17.6 Å². The molecule has 1 aromatic carbocycles. The minimum atomic E-state index is -1.01. The summed E-state index contributed by atoms with van der Waals surface area (Å²) < 4.78 is 30.4. The second-order valence-corrected chi connectivity index (χ2v) is 8.96. The van der Waals surface area contributed by atoms with Gasteiger partial charge in [-0.2, -0.15) is 4.98 Å². The molecule has 0 spiro atoms. The maximum Gasteiger partial charge on any atom is 0.348 e. The van der Waals surface area contributed by atoms with E-state index in [4.69, 9.17) is 0 Å². The van der Waals surface area contributed by atoms with Crippen molar-refractivity contribution in [3.8, 4) is 28.4 Å². The molecule has 0 amide bonds. The Kier molecular flexibility index (Phi) is 5.72. The Hall–Kier alpha value is -3.47. The number of aromatic nitrogens is 5. The third kappa shape index (κ3) is 4.00. The fraction of sp³-hybridized carbons (Fsp3) is 0.435. The molecule has 2 aliphatic rings. The SMILES string of the molecule is CN(c1cnc(-c2ccc(-c3nc(=O)n(C)cc3F)cc2O)nn1)[C@H]1C[C@@H]2CCC[C@@H](N2)[C@H]1F. The standard InChI is InChI=1S/C23H25F2N7O2/c1-31-11-15(24)21(28-23(31)34)12-6-7-14(18(33)8-12)22-26-10-19(29-30-22)32(2)17-9-13-4-3-5-16(27-13)20(17)25/h6-8,10-11,13,16-17,20,27,33H,3-5,9H2,1-2H3/t13-,16+,17-,20+/m0/s1. The molecule has 4 atom stereocenters. The summed E-state index contributed by atoms with van der Waals surface area (Å²) in [6.07, 6.45) is 5.13. The highest BCUT2D eigenvalue weighted by atomic mass is 19.1. The Labute approximate surface area is 194 Å². The highest BCUT2D eigenvalue weighted by Crippen LogP contribution is 2.33. The third-order valence-electron chi connectivity index (χ3n) is 6.76. The van der Waals surface area contributed by atoms with Gasteiger partial charge in [-0.15, -0.1) is 10.2 Å². The van der Waals surface area contributed by atoms with Crippen molar-refractivity contribution < 1.29 is 13.9 Å². The zero-order chi connectivity index (χ0) is 24.0. The molecule has 2 fully saturated rings. The van der Waals surface area contributed by atoms with Gasteiger partial charge in [0.05, 0.1) is 17.8 Å². The molecule has 0 saturated carbocycles. The number of phenols is 1. The lowest BCUT2D eigenvalue weighted by atomic mass is 9.82. The van der Waals surface area contributed by atoms with Gasteiger partial charge in [-0.3, -0.25) is 4.57 Å². The number of piperidine rings is 2. The lowest BCUT2D eigenvalue weighted by molar-refractivity contribution is 0.107. The summed E-state index contributed by atoms with van der Waals surface area (Å²) in [6.45, 7) is 0. The van der Waals surface area contributed by atoms with Gasteiger partial charge in [0.25, 0.3) is 0 Å². The van der Waals surface area contributed by atoms with Crippen LogP contribution in [0.4, 0.5) is 14.6 Å². The van der Waals surface area contributed by atoms with Crippen molar-refractivity contribution in [2.75, 3.05) is 11.9 Å². The highest BCUT2D eigenvalue weighted by molar-refractivity contribution is 5.71. The Morgan fingerprint density at radius 2 is 2.09 bits per heavy atom. The minimum Gasteiger partial charge on any atom is -0.507 e. The molecule has 11 heteroatoms. The summed E-state index contributed by atoms with van der Waals surface area (Å²) in [5.41, 5.74) is -0.241. The molecule has 9 nitrogen and oxygen atoms in total. The molecule has 2 saturated heterocycles. The van der Waals surface area contributed by atoms with Crippen molar-refractivity contribution in [1.29, 1.82) is 0 Å². The van der Waals surface area contributed by atoms with Crippen LogP contribution in [0.2, 0.25) is 0 Å². The number of anilines is 1. The van der Waals surface area contributed by atoms with Crippen molar-refractivity contribution in [3.05, 3.63) is 46.9 Å². The average molecular weight is 469 g/mol. The number of hydrogen-bond acceptors (Lipinski definition) is 8. The van der Waals surface area contributed by atoms with E-state index in [2.05, 4.69) is 25.5 Å². The number of fused-ring (bicyclic) bond motifs is 2. The van der Waals surface area contributed by atoms with E-state index in [1.165, 1.54) is 31.4 Å². The molecule has 0 unspecified atom stereocenters. The van der Waals surface area contributed by atoms with Gasteiger partial charge in [0, 0.05) is 37.9 Å². The van der Waals surface area contributed by atoms with Gasteiger partial charge in [-0.05, 0) is 31.4 Å². The number of nitrogens with one attached hydrogen (secondary N) is 1. The molecule has 3 aromatic rings. The summed E-state index contributed by atoms with van der Waals surface area (Å²) in [5.74, 6) is -0.290. The maximum absolute atomic E-state index is 15.0. The molecule has 4 heterocycles. The van der Waals surface area contributed by atoms with Crippen LogP contribution < -0.4 is 15.9 Å². The first-order valence-corrected chi connectivity index (χ1v) is 11.2. The van der Waals surface area contributed by atoms with Gasteiger partial charge in [-0.25, -0.2) is 18.6 Å². The first-order chi connectivity index (χ1) is 16.3. The Bertz CT molecular complexity index is 1270. The van der Waals surface area contributed by atoms with Crippen molar-refractivity contribution in [2.45, 2.75) is 50.0 Å². The topological polar surface area (TPSA) is 109 Å². The average Bonchev–Trinajstić information content (AvgIpc) is 2.83. The van der Waals surface area contributed by atoms with Crippen LogP contribution in [0.5, 0.6) is 5.75 Å². The van der Waals surface area contributed by atoms with Gasteiger partial charge >= 0.3 is 5.69 Å². The van der Waals surface area contributed by atoms with E-state index in [0.29, 0.717) is 18.3 Å². The second kappa shape index (κ2) is 8.71. The number of phenolic OH excluding ortho intramolecular Hbond substituents is 1. The van der Waals surface area contributed by atoms with Crippen LogP contribution in [0.1, 0.15) is 25.7 Å². The molecule has 0 radical (unpaired) electrons. The summed E-state index contributed by atoms with van der Waals surface area (Å²) >= 11 is 0. The fourth-order valence-corrected chi connectivity index (χ4v) is 4.86. The predicted octanol–water partition coefficient (Wildman–Crippen LogP) is 2.20. The van der Waals surface area contributed by atoms with Crippen LogP contribution in [0.15, 0.2) is 35.4 Å². The first kappa shape index (κ1) is 22.3. The zero-order valence-corrected chi connectivity index (χ0v) is 18.8. The van der Waals surface area contributed by atoms with Crippen molar-refractivity contribution in [1.82, 2.24) is 30.0 Å². The number of aromatic hydroxyl groups is 1. The van der Waals surface area contributed by atoms with Crippen LogP contribution >= 0.6 is 0 Å². The summed E-state index contributed by atoms with van der Waals surface area (Å²) in [6, 6.07) is 4.18. The van der Waals surface area contributed by atoms with E-state index in [1.807, 2.05) is 0 Å². The molecule has 0 aliphatic carbocycles. The largest absolute Gasteiger partial charge is 0.507 e. The number of benzene rings is 1. The summed E-state index contributed by atoms with van der Waals surface area (Å²) in [7, 11) is 3.19. The third-order valence-corrected chi connectivity index (χ3v) is 6.76. The number of aryl methyl sites for hydroxylation is 1. The number of alkyl halides is 1. The number of halogens is 2. The van der Waals surface area contributed by atoms with Crippen molar-refractivity contribution >= 4 is 5.82 Å². The minimum absolute atomic E-state index is 0.139. The van der Waals surface area contributed by atoms with E-state index in [0.717, 1.165) is 30.0 Å². The Balaban J connectivity index is 1.37. The quantitative estimate of drug-likeness (QED) is 0.599. The molecule has 2 N–H and O–H groups in total. The molecule has 178 valence electrons. The highest BCUT2D eigenvalue weighted by Gasteiger charge is 2.42. The number of nitrogens with zero attached hydrogens (tertiary/aromatic N) is 6. The van der Waals surface area contributed by atoms with Crippen LogP contribution in [-0.4, -0.2) is 61.2 Å². The van der Waals surface area contributed by atoms with E-state index in [9.17, 15) is 14.3 Å². The van der Waals surface area contributed by atoms with Crippen LogP contribution in [0.25, 0.3) is 22.6 Å². The molecular formula is C23H25F2N7O2. The number of hydrogen-bond donors (Lipinski definition) is 2. The van der Waals surface area contributed by atoms with Gasteiger partial charge in [0.15, 0.2) is 17.5 Å². The smallest absolute Gasteiger partial charge is 0.348 e. The van der Waals surface area contributed by atoms with Crippen LogP contribution in [0, 0.1) is 5.82 Å². The molecular weight excluding hydrogens is 444 g/mol. The number of rotatable bonds is 4. The van der Waals surface area contributed by atoms with Crippen molar-refractivity contribution in [3.63, 3.8) is 0 Å². The van der Waals surface area contributed by atoms with E-state index >= 15 is 4.39 Å². The molecule has 2 aliphatic heterocycles. The van der Waals surface area contributed by atoms with Crippen LogP contribution in [0.3, 0.4) is 0 Å². The van der Waals surface area contributed by atoms with Crippen LogP contribution in [-0.2, 0) is 7.05 Å². The monoisotopic (exact) mass is 469 g/mol. The summed E-state index contributed by atoms with van der Waals surface area (Å²) in [4.78, 5) is 21.6. The zero-order valence-electron chi connectivity index (χ0n) is 18.8. The normalized spacial score (nSPS) is 24.1. The lowest BCUT2D eigenvalue weighted by Gasteiger charge is -2.45. The fourth-order valence-electron chi connectivity index (χ4n) is 4.86. The van der Waals surface area contributed by atoms with E-state index in [-0.39, 0.29) is 40.5 Å². The van der Waals surface area contributed by atoms with Crippen molar-refractivity contribution in [2.24, 2.45) is 7.05 Å². The van der Waals surface area contributed by atoms with Gasteiger partial charge in [-0.1, -0.05) is 12.5 Å². The lowest BCUT2D eigenvalue weighted by Crippen LogP contribution is -2.61. The Morgan fingerprint density at radius 3 is 2.82 bits per heavy atom. The molecule has 34 heavy (non-hydrogen) atoms. The molecule has 2 aromatic heterocycles. The van der Waals surface area contributed by atoms with E-state index in [1.54, 1.807) is 11.9 Å². The Morgan fingerprint density at radius 1 is 1.26 bits per heavy atom.